The SMILES string of the molecule is CC1CCN(CC(C)(F)F)C1. The molecule has 0 radical (unpaired) electrons. The molecule has 1 rings (SSSR count). The van der Waals surface area contributed by atoms with Gasteiger partial charge >= 0.3 is 0 Å². The van der Waals surface area contributed by atoms with Crippen molar-refractivity contribution in [1.82, 2.24) is 4.90 Å². The molecule has 1 nitrogen and oxygen atoms in total. The zero-order valence-corrected chi connectivity index (χ0v) is 7.11. The Morgan fingerprint density at radius 1 is 1.55 bits per heavy atom. The predicted octanol–water partition coefficient (Wildman–Crippen LogP) is 1.98. The highest BCUT2D eigenvalue weighted by molar-refractivity contribution is 4.75. The van der Waals surface area contributed by atoms with Gasteiger partial charge in [-0.3, -0.25) is 4.90 Å². The van der Waals surface area contributed by atoms with Crippen LogP contribution in [0.15, 0.2) is 0 Å². The van der Waals surface area contributed by atoms with E-state index in [1.54, 1.807) is 0 Å². The summed E-state index contributed by atoms with van der Waals surface area (Å²) in [5.74, 6) is -1.93. The van der Waals surface area contributed by atoms with E-state index in [2.05, 4.69) is 6.92 Å². The second-order valence-corrected chi connectivity index (χ2v) is 3.70. The minimum absolute atomic E-state index is 0.0721. The van der Waals surface area contributed by atoms with Crippen molar-refractivity contribution in [2.75, 3.05) is 19.6 Å². The molecule has 1 atom stereocenters. The molecule has 1 aliphatic heterocycles. The summed E-state index contributed by atoms with van der Waals surface area (Å²) in [6.45, 7) is 4.69. The topological polar surface area (TPSA) is 3.24 Å². The number of likely N-dealkylation sites (tertiary alicyclic amines) is 1. The van der Waals surface area contributed by atoms with Crippen LogP contribution in [0.1, 0.15) is 20.3 Å². The summed E-state index contributed by atoms with van der Waals surface area (Å²) < 4.78 is 24.9. The summed E-state index contributed by atoms with van der Waals surface area (Å²) in [4.78, 5) is 1.84. The Kier molecular flexibility index (Phi) is 2.47. The van der Waals surface area contributed by atoms with Crippen LogP contribution in [0.5, 0.6) is 0 Å². The van der Waals surface area contributed by atoms with Crippen LogP contribution in [0.25, 0.3) is 0 Å². The molecule has 1 unspecified atom stereocenters. The maximum absolute atomic E-state index is 12.5. The first kappa shape index (κ1) is 8.91. The van der Waals surface area contributed by atoms with Gasteiger partial charge in [-0.2, -0.15) is 0 Å². The predicted molar refractivity (Wildman–Crippen MR) is 40.8 cm³/mol. The Balaban J connectivity index is 2.29. The molecule has 3 heteroatoms. The summed E-state index contributed by atoms with van der Waals surface area (Å²) in [6.07, 6.45) is 1.07. The van der Waals surface area contributed by atoms with Gasteiger partial charge in [0, 0.05) is 13.5 Å². The van der Waals surface area contributed by atoms with Gasteiger partial charge in [-0.25, -0.2) is 8.78 Å². The van der Waals surface area contributed by atoms with Gasteiger partial charge in [0.2, 0.25) is 0 Å². The molecule has 0 spiro atoms. The molecular formula is C8H15F2N. The van der Waals surface area contributed by atoms with Gasteiger partial charge < -0.3 is 0 Å². The highest BCUT2D eigenvalue weighted by Crippen LogP contribution is 2.20. The van der Waals surface area contributed by atoms with Crippen LogP contribution in [0.3, 0.4) is 0 Å². The zero-order valence-electron chi connectivity index (χ0n) is 7.11. The molecule has 0 saturated carbocycles. The van der Waals surface area contributed by atoms with E-state index in [0.29, 0.717) is 5.92 Å². The zero-order chi connectivity index (χ0) is 8.48. The molecule has 0 N–H and O–H groups in total. The van der Waals surface area contributed by atoms with Crippen LogP contribution < -0.4 is 0 Å². The smallest absolute Gasteiger partial charge is 0.257 e. The van der Waals surface area contributed by atoms with Crippen molar-refractivity contribution >= 4 is 0 Å². The lowest BCUT2D eigenvalue weighted by atomic mass is 10.2. The van der Waals surface area contributed by atoms with Crippen LogP contribution in [0.2, 0.25) is 0 Å². The standard InChI is InChI=1S/C8H15F2N/c1-7-3-4-11(5-7)6-8(2,9)10/h7H,3-6H2,1-2H3. The molecular weight excluding hydrogens is 148 g/mol. The highest BCUT2D eigenvalue weighted by atomic mass is 19.3. The largest absolute Gasteiger partial charge is 0.297 e. The van der Waals surface area contributed by atoms with E-state index >= 15 is 0 Å². The number of alkyl halides is 2. The summed E-state index contributed by atoms with van der Waals surface area (Å²) in [5, 5.41) is 0. The fourth-order valence-electron chi connectivity index (χ4n) is 1.56. The molecule has 11 heavy (non-hydrogen) atoms. The van der Waals surface area contributed by atoms with Crippen LogP contribution in [-0.4, -0.2) is 30.5 Å². The summed E-state index contributed by atoms with van der Waals surface area (Å²) in [5.41, 5.74) is 0. The minimum atomic E-state index is -2.52. The van der Waals surface area contributed by atoms with Crippen molar-refractivity contribution < 1.29 is 8.78 Å². The van der Waals surface area contributed by atoms with Gasteiger partial charge in [-0.15, -0.1) is 0 Å². The van der Waals surface area contributed by atoms with Gasteiger partial charge in [0.1, 0.15) is 0 Å². The molecule has 0 bridgehead atoms. The van der Waals surface area contributed by atoms with Crippen LogP contribution in [0, 0.1) is 5.92 Å². The van der Waals surface area contributed by atoms with E-state index in [1.165, 1.54) is 0 Å². The second kappa shape index (κ2) is 3.05. The van der Waals surface area contributed by atoms with E-state index in [4.69, 9.17) is 0 Å². The highest BCUT2D eigenvalue weighted by Gasteiger charge is 2.28. The molecule has 66 valence electrons. The molecule has 1 saturated heterocycles. The first-order chi connectivity index (χ1) is 4.97. The Labute approximate surface area is 66.4 Å². The van der Waals surface area contributed by atoms with Gasteiger partial charge in [0.05, 0.1) is 6.54 Å². The minimum Gasteiger partial charge on any atom is -0.297 e. The van der Waals surface area contributed by atoms with Crippen molar-refractivity contribution in [2.45, 2.75) is 26.2 Å². The number of nitrogens with zero attached hydrogens (tertiary/aromatic N) is 1. The number of hydrogen-bond acceptors (Lipinski definition) is 1. The third kappa shape index (κ3) is 3.14. The lowest BCUT2D eigenvalue weighted by Gasteiger charge is -2.19. The van der Waals surface area contributed by atoms with E-state index < -0.39 is 5.92 Å². The molecule has 0 aliphatic carbocycles. The van der Waals surface area contributed by atoms with Crippen LogP contribution >= 0.6 is 0 Å². The molecule has 1 fully saturated rings. The first-order valence-corrected chi connectivity index (χ1v) is 4.07. The molecule has 1 aliphatic rings. The van der Waals surface area contributed by atoms with Gasteiger partial charge in [-0.05, 0) is 18.9 Å². The van der Waals surface area contributed by atoms with Crippen molar-refractivity contribution in [1.29, 1.82) is 0 Å². The third-order valence-electron chi connectivity index (χ3n) is 2.01. The normalized spacial score (nSPS) is 27.8. The fraction of sp³-hybridized carbons (Fsp3) is 1.00. The lowest BCUT2D eigenvalue weighted by Crippen LogP contribution is -2.33. The first-order valence-electron chi connectivity index (χ1n) is 4.07. The second-order valence-electron chi connectivity index (χ2n) is 3.70. The van der Waals surface area contributed by atoms with E-state index in [9.17, 15) is 8.78 Å². The fourth-order valence-corrected chi connectivity index (χ4v) is 1.56. The lowest BCUT2D eigenvalue weighted by molar-refractivity contribution is -0.00922. The van der Waals surface area contributed by atoms with E-state index in [1.807, 2.05) is 4.90 Å². The molecule has 0 aromatic rings. The van der Waals surface area contributed by atoms with Crippen molar-refractivity contribution in [3.05, 3.63) is 0 Å². The van der Waals surface area contributed by atoms with E-state index in [0.717, 1.165) is 26.4 Å². The quantitative estimate of drug-likeness (QED) is 0.601. The number of hydrogen-bond donors (Lipinski definition) is 0. The summed E-state index contributed by atoms with van der Waals surface area (Å²) >= 11 is 0. The number of rotatable bonds is 2. The summed E-state index contributed by atoms with van der Waals surface area (Å²) in [7, 11) is 0. The Hall–Kier alpha value is -0.180. The third-order valence-corrected chi connectivity index (χ3v) is 2.01. The van der Waals surface area contributed by atoms with E-state index in [-0.39, 0.29) is 6.54 Å². The van der Waals surface area contributed by atoms with Crippen LogP contribution in [0.4, 0.5) is 8.78 Å². The van der Waals surface area contributed by atoms with Gasteiger partial charge in [-0.1, -0.05) is 6.92 Å². The van der Waals surface area contributed by atoms with Crippen molar-refractivity contribution in [3.8, 4) is 0 Å². The summed E-state index contributed by atoms with van der Waals surface area (Å²) in [6, 6.07) is 0. The van der Waals surface area contributed by atoms with Gasteiger partial charge in [0.15, 0.2) is 0 Å². The van der Waals surface area contributed by atoms with Crippen molar-refractivity contribution in [2.24, 2.45) is 5.92 Å². The molecule has 0 amide bonds. The maximum atomic E-state index is 12.5. The number of halogens is 2. The molecule has 1 heterocycles. The molecule has 0 aromatic heterocycles. The Morgan fingerprint density at radius 2 is 2.18 bits per heavy atom. The Bertz CT molecular complexity index is 131. The van der Waals surface area contributed by atoms with Crippen molar-refractivity contribution in [3.63, 3.8) is 0 Å². The maximum Gasteiger partial charge on any atom is 0.257 e. The van der Waals surface area contributed by atoms with Gasteiger partial charge in [0.25, 0.3) is 5.92 Å². The average molecular weight is 163 g/mol. The molecule has 0 aromatic carbocycles. The van der Waals surface area contributed by atoms with Crippen LogP contribution in [-0.2, 0) is 0 Å². The average Bonchev–Trinajstić information content (AvgIpc) is 2.10. The monoisotopic (exact) mass is 163 g/mol. The Morgan fingerprint density at radius 3 is 2.55 bits per heavy atom.